The summed E-state index contributed by atoms with van der Waals surface area (Å²) in [5.41, 5.74) is 6.10. The first-order chi connectivity index (χ1) is 13.7. The maximum absolute atomic E-state index is 14.4. The van der Waals surface area contributed by atoms with E-state index < -0.39 is 17.6 Å². The Bertz CT molecular complexity index is 908. The highest BCUT2D eigenvalue weighted by Crippen LogP contribution is 2.36. The monoisotopic (exact) mass is 410 g/mol. The molecule has 1 unspecified atom stereocenters. The van der Waals surface area contributed by atoms with Crippen LogP contribution in [0, 0.1) is 12.7 Å². The summed E-state index contributed by atoms with van der Waals surface area (Å²) < 4.78 is 59.0. The number of allylic oxidation sites excluding steroid dienone is 1. The maximum atomic E-state index is 14.4. The van der Waals surface area contributed by atoms with E-state index in [1.165, 1.54) is 12.1 Å². The Morgan fingerprint density at radius 3 is 2.72 bits per heavy atom. The van der Waals surface area contributed by atoms with E-state index in [0.29, 0.717) is 41.6 Å². The van der Waals surface area contributed by atoms with Crippen molar-refractivity contribution in [3.63, 3.8) is 0 Å². The lowest BCUT2D eigenvalue weighted by atomic mass is 10.0. The highest BCUT2D eigenvalue weighted by Gasteiger charge is 2.35. The van der Waals surface area contributed by atoms with Crippen LogP contribution in [0.3, 0.4) is 0 Å². The first kappa shape index (κ1) is 21.0. The van der Waals surface area contributed by atoms with Crippen LogP contribution in [0.1, 0.15) is 47.2 Å². The molecule has 1 fully saturated rings. The van der Waals surface area contributed by atoms with E-state index in [-0.39, 0.29) is 18.2 Å². The number of benzene rings is 1. The van der Waals surface area contributed by atoms with Crippen molar-refractivity contribution in [3.05, 3.63) is 64.5 Å². The number of nitrogens with one attached hydrogen (secondary N) is 1. The lowest BCUT2D eigenvalue weighted by molar-refractivity contribution is -0.140. The zero-order valence-corrected chi connectivity index (χ0v) is 15.9. The first-order valence-corrected chi connectivity index (χ1v) is 9.17. The molecule has 1 aliphatic rings. The van der Waals surface area contributed by atoms with Gasteiger partial charge in [-0.3, -0.25) is 0 Å². The number of halogens is 4. The number of hydrogen-bond acceptors (Lipinski definition) is 5. The Hall–Kier alpha value is -2.68. The van der Waals surface area contributed by atoms with E-state index in [1.54, 1.807) is 6.92 Å². The molecule has 1 saturated heterocycles. The van der Waals surface area contributed by atoms with Crippen LogP contribution >= 0.6 is 0 Å². The van der Waals surface area contributed by atoms with Crippen LogP contribution in [-0.4, -0.2) is 16.6 Å². The van der Waals surface area contributed by atoms with Gasteiger partial charge in [0.25, 0.3) is 0 Å². The topological polar surface area (TPSA) is 73.1 Å². The predicted octanol–water partition coefficient (Wildman–Crippen LogP) is 4.42. The molecular weight excluding hydrogens is 388 g/mol. The SMILES string of the molecule is C=C(N)Cc1nc(C)nc(NCc2cccc(C(F)(F)F)c2F)c1C1CCCO1. The van der Waals surface area contributed by atoms with Crippen molar-refractivity contribution in [3.8, 4) is 0 Å². The van der Waals surface area contributed by atoms with Gasteiger partial charge in [0, 0.05) is 36.4 Å². The number of hydrogen-bond donors (Lipinski definition) is 2. The van der Waals surface area contributed by atoms with Gasteiger partial charge in [-0.05, 0) is 25.8 Å². The van der Waals surface area contributed by atoms with Gasteiger partial charge in [0.15, 0.2) is 0 Å². The smallest absolute Gasteiger partial charge is 0.402 e. The molecule has 0 aliphatic carbocycles. The zero-order chi connectivity index (χ0) is 21.2. The molecular formula is C20H22F4N4O. The van der Waals surface area contributed by atoms with Gasteiger partial charge in [0.05, 0.1) is 17.4 Å². The molecule has 0 bridgehead atoms. The predicted molar refractivity (Wildman–Crippen MR) is 100 cm³/mol. The van der Waals surface area contributed by atoms with E-state index in [4.69, 9.17) is 10.5 Å². The summed E-state index contributed by atoms with van der Waals surface area (Å²) in [7, 11) is 0. The molecule has 1 aliphatic heterocycles. The molecule has 3 N–H and O–H groups in total. The van der Waals surface area contributed by atoms with E-state index in [2.05, 4.69) is 21.9 Å². The van der Waals surface area contributed by atoms with E-state index >= 15 is 0 Å². The fourth-order valence-corrected chi connectivity index (χ4v) is 3.38. The summed E-state index contributed by atoms with van der Waals surface area (Å²) in [4.78, 5) is 8.83. The second-order valence-electron chi connectivity index (χ2n) is 6.95. The van der Waals surface area contributed by atoms with Gasteiger partial charge >= 0.3 is 6.18 Å². The molecule has 9 heteroatoms. The third-order valence-corrected chi connectivity index (χ3v) is 4.61. The number of nitrogens with zero attached hydrogens (tertiary/aromatic N) is 2. The molecule has 2 aromatic rings. The standard InChI is InChI=1S/C20H22F4N4O/c1-11(25)9-15-17(16-7-4-8-29-16)19(28-12(2)27-15)26-10-13-5-3-6-14(18(13)21)20(22,23)24/h3,5-6,16H,1,4,7-10,25H2,2H3,(H,26,27,28). The van der Waals surface area contributed by atoms with Crippen molar-refractivity contribution >= 4 is 5.82 Å². The molecule has 3 rings (SSSR count). The van der Waals surface area contributed by atoms with Crippen LogP contribution in [0.15, 0.2) is 30.5 Å². The maximum Gasteiger partial charge on any atom is 0.419 e. The lowest BCUT2D eigenvalue weighted by Crippen LogP contribution is -2.16. The normalized spacial score (nSPS) is 16.8. The fraction of sp³-hybridized carbons (Fsp3) is 0.400. The molecule has 1 atom stereocenters. The lowest BCUT2D eigenvalue weighted by Gasteiger charge is -2.20. The third kappa shape index (κ3) is 4.84. The van der Waals surface area contributed by atoms with Crippen molar-refractivity contribution in [2.75, 3.05) is 11.9 Å². The molecule has 5 nitrogen and oxygen atoms in total. The Morgan fingerprint density at radius 1 is 1.34 bits per heavy atom. The minimum atomic E-state index is -4.76. The number of nitrogens with two attached hydrogens (primary N) is 1. The van der Waals surface area contributed by atoms with Crippen LogP contribution in [0.2, 0.25) is 0 Å². The number of rotatable bonds is 6. The van der Waals surface area contributed by atoms with Crippen LogP contribution in [0.4, 0.5) is 23.4 Å². The molecule has 0 radical (unpaired) electrons. The Labute approximate surface area is 166 Å². The second kappa shape index (κ2) is 8.36. The Morgan fingerprint density at radius 2 is 2.10 bits per heavy atom. The Balaban J connectivity index is 1.95. The van der Waals surface area contributed by atoms with E-state index in [9.17, 15) is 17.6 Å². The molecule has 1 aromatic carbocycles. The minimum Gasteiger partial charge on any atom is -0.402 e. The van der Waals surface area contributed by atoms with Crippen LogP contribution in [-0.2, 0) is 23.9 Å². The summed E-state index contributed by atoms with van der Waals surface area (Å²) in [6.07, 6.45) is -3.10. The first-order valence-electron chi connectivity index (χ1n) is 9.17. The van der Waals surface area contributed by atoms with Crippen LogP contribution < -0.4 is 11.1 Å². The molecule has 1 aromatic heterocycles. The summed E-state index contributed by atoms with van der Waals surface area (Å²) in [6, 6.07) is 3.20. The average Bonchev–Trinajstić information content (AvgIpc) is 3.13. The number of aromatic nitrogens is 2. The molecule has 0 saturated carbocycles. The van der Waals surface area contributed by atoms with Crippen molar-refractivity contribution < 1.29 is 22.3 Å². The molecule has 0 amide bonds. The summed E-state index contributed by atoms with van der Waals surface area (Å²) in [5.74, 6) is -0.444. The molecule has 29 heavy (non-hydrogen) atoms. The largest absolute Gasteiger partial charge is 0.419 e. The molecule has 0 spiro atoms. The minimum absolute atomic E-state index is 0.112. The van der Waals surface area contributed by atoms with Crippen molar-refractivity contribution in [1.82, 2.24) is 9.97 Å². The molecule has 156 valence electrons. The number of anilines is 1. The summed E-state index contributed by atoms with van der Waals surface area (Å²) >= 11 is 0. The van der Waals surface area contributed by atoms with Crippen LogP contribution in [0.5, 0.6) is 0 Å². The van der Waals surface area contributed by atoms with Gasteiger partial charge in [-0.15, -0.1) is 0 Å². The van der Waals surface area contributed by atoms with Crippen molar-refractivity contribution in [1.29, 1.82) is 0 Å². The Kier molecular flexibility index (Phi) is 6.07. The van der Waals surface area contributed by atoms with Gasteiger partial charge in [-0.1, -0.05) is 18.7 Å². The molecule has 2 heterocycles. The average molecular weight is 410 g/mol. The van der Waals surface area contributed by atoms with Gasteiger partial charge in [-0.2, -0.15) is 13.2 Å². The quantitative estimate of drug-likeness (QED) is 0.690. The highest BCUT2D eigenvalue weighted by atomic mass is 19.4. The van der Waals surface area contributed by atoms with Gasteiger partial charge < -0.3 is 15.8 Å². The van der Waals surface area contributed by atoms with Gasteiger partial charge in [-0.25, -0.2) is 14.4 Å². The number of alkyl halides is 3. The third-order valence-electron chi connectivity index (χ3n) is 4.61. The van der Waals surface area contributed by atoms with E-state index in [0.717, 1.165) is 18.9 Å². The van der Waals surface area contributed by atoms with E-state index in [1.807, 2.05) is 0 Å². The summed E-state index contributed by atoms with van der Waals surface area (Å²) in [6.45, 7) is 5.82. The van der Waals surface area contributed by atoms with Gasteiger partial charge in [0.1, 0.15) is 17.5 Å². The fourth-order valence-electron chi connectivity index (χ4n) is 3.38. The van der Waals surface area contributed by atoms with Gasteiger partial charge in [0.2, 0.25) is 0 Å². The summed E-state index contributed by atoms with van der Waals surface area (Å²) in [5, 5.41) is 2.97. The highest BCUT2D eigenvalue weighted by molar-refractivity contribution is 5.50. The number of aryl methyl sites for hydroxylation is 1. The van der Waals surface area contributed by atoms with Crippen molar-refractivity contribution in [2.24, 2.45) is 5.73 Å². The van der Waals surface area contributed by atoms with Crippen LogP contribution in [0.25, 0.3) is 0 Å². The van der Waals surface area contributed by atoms with Crippen molar-refractivity contribution in [2.45, 2.75) is 45.0 Å². The number of ether oxygens (including phenoxy) is 1. The zero-order valence-electron chi connectivity index (χ0n) is 15.9. The second-order valence-corrected chi connectivity index (χ2v) is 6.95.